The Morgan fingerprint density at radius 1 is 1.57 bits per heavy atom. The highest BCUT2D eigenvalue weighted by Gasteiger charge is 2.33. The summed E-state index contributed by atoms with van der Waals surface area (Å²) < 4.78 is 36.7. The molecule has 0 spiro atoms. The minimum Gasteiger partial charge on any atom is -0.338 e. The summed E-state index contributed by atoms with van der Waals surface area (Å²) in [7, 11) is 0. The maximum Gasteiger partial charge on any atom is 0.397 e. The van der Waals surface area contributed by atoms with Crippen LogP contribution in [0.25, 0.3) is 0 Å². The van der Waals surface area contributed by atoms with E-state index in [0.717, 1.165) is 3.58 Å². The van der Waals surface area contributed by atoms with Crippen molar-refractivity contribution in [2.24, 2.45) is 0 Å². The van der Waals surface area contributed by atoms with E-state index in [9.17, 15) is 18.0 Å². The van der Waals surface area contributed by atoms with Crippen LogP contribution in [0.4, 0.5) is 13.2 Å². The third-order valence-corrected chi connectivity index (χ3v) is 2.84. The first kappa shape index (κ1) is 11.8. The van der Waals surface area contributed by atoms with Crippen LogP contribution in [0.2, 0.25) is 0 Å². The van der Waals surface area contributed by atoms with Crippen molar-refractivity contribution in [3.8, 4) is 0 Å². The monoisotopic (exact) mass is 319 g/mol. The van der Waals surface area contributed by atoms with Gasteiger partial charge in [-0.2, -0.15) is 13.2 Å². The van der Waals surface area contributed by atoms with E-state index in [4.69, 9.17) is 0 Å². The van der Waals surface area contributed by atoms with Crippen molar-refractivity contribution in [1.29, 1.82) is 0 Å². The van der Waals surface area contributed by atoms with Crippen LogP contribution in [0.5, 0.6) is 0 Å². The standard InChI is InChI=1S/C8H9F3INO/c9-8(10,11)5-7(14)13-3-1-6(12)2-4-13/h1H,2-5H2. The number of rotatable bonds is 1. The molecule has 1 rings (SSSR count). The Labute approximate surface area is 93.3 Å². The summed E-state index contributed by atoms with van der Waals surface area (Å²) in [5.74, 6) is -0.836. The number of alkyl halides is 3. The first-order chi connectivity index (χ1) is 6.38. The average Bonchev–Trinajstić information content (AvgIpc) is 2.02. The van der Waals surface area contributed by atoms with Gasteiger partial charge in [0.25, 0.3) is 0 Å². The van der Waals surface area contributed by atoms with E-state index < -0.39 is 18.5 Å². The molecule has 0 radical (unpaired) electrons. The highest BCUT2D eigenvalue weighted by atomic mass is 127. The Kier molecular flexibility index (Phi) is 3.79. The fraction of sp³-hybridized carbons (Fsp3) is 0.625. The molecule has 0 bridgehead atoms. The molecule has 0 aliphatic carbocycles. The summed E-state index contributed by atoms with van der Waals surface area (Å²) in [5.41, 5.74) is 0. The molecule has 0 aromatic heterocycles. The Hall–Kier alpha value is -0.270. The molecule has 1 heterocycles. The van der Waals surface area contributed by atoms with Crippen molar-refractivity contribution in [2.75, 3.05) is 13.1 Å². The van der Waals surface area contributed by atoms with Gasteiger partial charge >= 0.3 is 6.18 Å². The molecule has 2 nitrogen and oxygen atoms in total. The molecular weight excluding hydrogens is 310 g/mol. The lowest BCUT2D eigenvalue weighted by atomic mass is 10.2. The predicted molar refractivity (Wildman–Crippen MR) is 54.0 cm³/mol. The number of hydrogen-bond acceptors (Lipinski definition) is 1. The van der Waals surface area contributed by atoms with E-state index in [1.54, 1.807) is 6.08 Å². The van der Waals surface area contributed by atoms with Crippen molar-refractivity contribution in [2.45, 2.75) is 19.0 Å². The zero-order valence-electron chi connectivity index (χ0n) is 7.27. The van der Waals surface area contributed by atoms with Crippen molar-refractivity contribution in [1.82, 2.24) is 4.90 Å². The van der Waals surface area contributed by atoms with Gasteiger partial charge in [-0.3, -0.25) is 4.79 Å². The highest BCUT2D eigenvalue weighted by Crippen LogP contribution is 2.23. The number of carbonyl (C=O) groups is 1. The van der Waals surface area contributed by atoms with Crippen molar-refractivity contribution >= 4 is 28.5 Å². The van der Waals surface area contributed by atoms with Crippen LogP contribution in [0.1, 0.15) is 12.8 Å². The molecule has 6 heteroatoms. The van der Waals surface area contributed by atoms with Crippen LogP contribution in [-0.4, -0.2) is 30.1 Å². The maximum atomic E-state index is 11.9. The van der Waals surface area contributed by atoms with E-state index in [-0.39, 0.29) is 0 Å². The van der Waals surface area contributed by atoms with Crippen LogP contribution in [0.3, 0.4) is 0 Å². The number of halogens is 4. The van der Waals surface area contributed by atoms with E-state index in [0.29, 0.717) is 19.5 Å². The van der Waals surface area contributed by atoms with Crippen LogP contribution in [-0.2, 0) is 4.79 Å². The topological polar surface area (TPSA) is 20.3 Å². The Balaban J connectivity index is 2.47. The summed E-state index contributed by atoms with van der Waals surface area (Å²) in [6.07, 6.45) is -3.31. The highest BCUT2D eigenvalue weighted by molar-refractivity contribution is 14.1. The van der Waals surface area contributed by atoms with Gasteiger partial charge in [0.2, 0.25) is 5.91 Å². The van der Waals surface area contributed by atoms with Crippen LogP contribution < -0.4 is 0 Å². The molecule has 0 unspecified atom stereocenters. The molecule has 0 aromatic rings. The largest absolute Gasteiger partial charge is 0.397 e. The van der Waals surface area contributed by atoms with Crippen molar-refractivity contribution in [3.63, 3.8) is 0 Å². The van der Waals surface area contributed by atoms with E-state index in [2.05, 4.69) is 22.6 Å². The van der Waals surface area contributed by atoms with Gasteiger partial charge in [-0.1, -0.05) is 6.08 Å². The molecule has 0 fully saturated rings. The predicted octanol–water partition coefficient (Wildman–Crippen LogP) is 2.49. The Morgan fingerprint density at radius 2 is 2.21 bits per heavy atom. The Bertz CT molecular complexity index is 262. The average molecular weight is 319 g/mol. The molecule has 0 N–H and O–H groups in total. The zero-order chi connectivity index (χ0) is 10.8. The molecule has 1 aliphatic heterocycles. The first-order valence-electron chi connectivity index (χ1n) is 4.07. The molecular formula is C8H9F3INO. The van der Waals surface area contributed by atoms with Gasteiger partial charge in [0.15, 0.2) is 0 Å². The van der Waals surface area contributed by atoms with Gasteiger partial charge in [-0.15, -0.1) is 0 Å². The lowest BCUT2D eigenvalue weighted by Gasteiger charge is -2.25. The van der Waals surface area contributed by atoms with Crippen molar-refractivity contribution < 1.29 is 18.0 Å². The number of amides is 1. The third kappa shape index (κ3) is 3.85. The minimum atomic E-state index is -4.40. The van der Waals surface area contributed by atoms with Gasteiger partial charge < -0.3 is 4.90 Å². The summed E-state index contributed by atoms with van der Waals surface area (Å²) in [5, 5.41) is 0. The molecule has 0 saturated heterocycles. The maximum absolute atomic E-state index is 11.9. The molecule has 1 amide bonds. The molecule has 0 saturated carbocycles. The van der Waals surface area contributed by atoms with Crippen molar-refractivity contribution in [3.05, 3.63) is 9.66 Å². The van der Waals surface area contributed by atoms with Gasteiger partial charge in [-0.25, -0.2) is 0 Å². The third-order valence-electron chi connectivity index (χ3n) is 1.86. The number of carbonyl (C=O) groups excluding carboxylic acids is 1. The Morgan fingerprint density at radius 3 is 2.64 bits per heavy atom. The summed E-state index contributed by atoms with van der Waals surface area (Å²) in [4.78, 5) is 12.3. The first-order valence-corrected chi connectivity index (χ1v) is 5.15. The van der Waals surface area contributed by atoms with Crippen LogP contribution in [0.15, 0.2) is 9.66 Å². The molecule has 14 heavy (non-hydrogen) atoms. The molecule has 80 valence electrons. The zero-order valence-corrected chi connectivity index (χ0v) is 9.43. The number of nitrogens with zero attached hydrogens (tertiary/aromatic N) is 1. The second-order valence-electron chi connectivity index (χ2n) is 3.03. The fourth-order valence-corrected chi connectivity index (χ4v) is 1.59. The van der Waals surface area contributed by atoms with Crippen LogP contribution in [0, 0.1) is 0 Å². The lowest BCUT2D eigenvalue weighted by molar-refractivity contribution is -0.161. The van der Waals surface area contributed by atoms with Gasteiger partial charge in [0.05, 0.1) is 0 Å². The normalized spacial score (nSPS) is 18.0. The second kappa shape index (κ2) is 4.50. The quantitative estimate of drug-likeness (QED) is 0.680. The summed E-state index contributed by atoms with van der Waals surface area (Å²) in [6.45, 7) is 0.691. The van der Waals surface area contributed by atoms with E-state index >= 15 is 0 Å². The second-order valence-corrected chi connectivity index (χ2v) is 4.42. The molecule has 1 aliphatic rings. The summed E-state index contributed by atoms with van der Waals surface area (Å²) in [6, 6.07) is 0. The smallest absolute Gasteiger partial charge is 0.338 e. The van der Waals surface area contributed by atoms with E-state index in [1.165, 1.54) is 4.90 Å². The van der Waals surface area contributed by atoms with Gasteiger partial charge in [0, 0.05) is 13.1 Å². The van der Waals surface area contributed by atoms with E-state index in [1.807, 2.05) is 0 Å². The SMILES string of the molecule is O=C(CC(F)(F)F)N1CC=C(I)CC1. The molecule has 0 atom stereocenters. The van der Waals surface area contributed by atoms with Gasteiger partial charge in [-0.05, 0) is 32.6 Å². The van der Waals surface area contributed by atoms with Crippen LogP contribution >= 0.6 is 22.6 Å². The van der Waals surface area contributed by atoms with Gasteiger partial charge in [0.1, 0.15) is 6.42 Å². The number of hydrogen-bond donors (Lipinski definition) is 0. The fourth-order valence-electron chi connectivity index (χ4n) is 1.15. The molecule has 0 aromatic carbocycles. The minimum absolute atomic E-state index is 0.299. The lowest BCUT2D eigenvalue weighted by Crippen LogP contribution is -2.36. The summed E-state index contributed by atoms with van der Waals surface area (Å²) >= 11 is 2.12.